The van der Waals surface area contributed by atoms with Gasteiger partial charge in [0, 0.05) is 12.6 Å². The average molecular weight is 214 g/mol. The minimum absolute atomic E-state index is 0.0262. The van der Waals surface area contributed by atoms with Gasteiger partial charge in [0.1, 0.15) is 0 Å². The number of hydrogen-bond donors (Lipinski definition) is 1. The largest absolute Gasteiger partial charge is 0.469 e. The molecule has 0 aromatic carbocycles. The lowest BCUT2D eigenvalue weighted by molar-refractivity contribution is -0.142. The SMILES string of the molecule is CNCC(=O)N1CCCC1CC(=O)OC. The molecule has 1 heterocycles. The molecule has 1 aliphatic heterocycles. The molecule has 0 bridgehead atoms. The molecule has 15 heavy (non-hydrogen) atoms. The first-order valence-corrected chi connectivity index (χ1v) is 5.20. The fraction of sp³-hybridized carbons (Fsp3) is 0.800. The molecule has 0 aliphatic carbocycles. The number of ether oxygens (including phenoxy) is 1. The molecule has 86 valence electrons. The zero-order valence-electron chi connectivity index (χ0n) is 9.28. The second kappa shape index (κ2) is 5.70. The highest BCUT2D eigenvalue weighted by Gasteiger charge is 2.29. The lowest BCUT2D eigenvalue weighted by atomic mass is 10.1. The number of carbonyl (C=O) groups excluding carboxylic acids is 2. The van der Waals surface area contributed by atoms with Gasteiger partial charge in [0.15, 0.2) is 0 Å². The van der Waals surface area contributed by atoms with E-state index >= 15 is 0 Å². The van der Waals surface area contributed by atoms with Crippen LogP contribution in [-0.2, 0) is 14.3 Å². The Morgan fingerprint density at radius 2 is 2.27 bits per heavy atom. The van der Waals surface area contributed by atoms with Crippen LogP contribution in [0, 0.1) is 0 Å². The molecule has 1 unspecified atom stereocenters. The van der Waals surface area contributed by atoms with E-state index in [0.29, 0.717) is 13.0 Å². The number of rotatable bonds is 4. The van der Waals surface area contributed by atoms with Crippen molar-refractivity contribution >= 4 is 11.9 Å². The molecule has 0 aromatic heterocycles. The summed E-state index contributed by atoms with van der Waals surface area (Å²) in [5.41, 5.74) is 0. The van der Waals surface area contributed by atoms with Gasteiger partial charge in [0.25, 0.3) is 0 Å². The van der Waals surface area contributed by atoms with Crippen LogP contribution >= 0.6 is 0 Å². The van der Waals surface area contributed by atoms with Crippen molar-refractivity contribution in [1.29, 1.82) is 0 Å². The van der Waals surface area contributed by atoms with E-state index in [9.17, 15) is 9.59 Å². The van der Waals surface area contributed by atoms with E-state index in [0.717, 1.165) is 19.4 Å². The minimum Gasteiger partial charge on any atom is -0.469 e. The molecule has 5 nitrogen and oxygen atoms in total. The Hall–Kier alpha value is -1.10. The molecule has 1 N–H and O–H groups in total. The number of nitrogens with zero attached hydrogens (tertiary/aromatic N) is 1. The van der Waals surface area contributed by atoms with E-state index in [1.54, 1.807) is 11.9 Å². The number of likely N-dealkylation sites (tertiary alicyclic amines) is 1. The Labute approximate surface area is 89.8 Å². The van der Waals surface area contributed by atoms with Crippen molar-refractivity contribution in [2.45, 2.75) is 25.3 Å². The van der Waals surface area contributed by atoms with Crippen molar-refractivity contribution in [3.63, 3.8) is 0 Å². The lowest BCUT2D eigenvalue weighted by Gasteiger charge is -2.23. The highest BCUT2D eigenvalue weighted by molar-refractivity contribution is 5.80. The molecule has 1 rings (SSSR count). The van der Waals surface area contributed by atoms with Crippen molar-refractivity contribution in [3.8, 4) is 0 Å². The first-order chi connectivity index (χ1) is 7.19. The predicted molar refractivity (Wildman–Crippen MR) is 55.3 cm³/mol. The maximum atomic E-state index is 11.6. The van der Waals surface area contributed by atoms with Gasteiger partial charge < -0.3 is 15.0 Å². The molecule has 1 aliphatic rings. The molecule has 5 heteroatoms. The number of esters is 1. The fourth-order valence-corrected chi connectivity index (χ4v) is 1.90. The second-order valence-electron chi connectivity index (χ2n) is 3.69. The van der Waals surface area contributed by atoms with Crippen LogP contribution in [0.2, 0.25) is 0 Å². The summed E-state index contributed by atoms with van der Waals surface area (Å²) < 4.78 is 4.61. The number of methoxy groups -OCH3 is 1. The van der Waals surface area contributed by atoms with Crippen LogP contribution in [0.15, 0.2) is 0 Å². The third-order valence-electron chi connectivity index (χ3n) is 2.66. The topological polar surface area (TPSA) is 58.6 Å². The molecule has 1 saturated heterocycles. The van der Waals surface area contributed by atoms with Gasteiger partial charge in [0.2, 0.25) is 5.91 Å². The summed E-state index contributed by atoms with van der Waals surface area (Å²) in [5, 5.41) is 2.82. The van der Waals surface area contributed by atoms with E-state index in [1.165, 1.54) is 7.11 Å². The van der Waals surface area contributed by atoms with E-state index in [1.807, 2.05) is 0 Å². The van der Waals surface area contributed by atoms with Crippen molar-refractivity contribution in [3.05, 3.63) is 0 Å². The minimum atomic E-state index is -0.246. The summed E-state index contributed by atoms with van der Waals surface area (Å²) in [6.45, 7) is 1.08. The maximum Gasteiger partial charge on any atom is 0.307 e. The smallest absolute Gasteiger partial charge is 0.307 e. The van der Waals surface area contributed by atoms with Gasteiger partial charge in [-0.2, -0.15) is 0 Å². The van der Waals surface area contributed by atoms with Crippen molar-refractivity contribution in [2.24, 2.45) is 0 Å². The van der Waals surface area contributed by atoms with Gasteiger partial charge >= 0.3 is 5.97 Å². The summed E-state index contributed by atoms with van der Waals surface area (Å²) in [4.78, 5) is 24.5. The summed E-state index contributed by atoms with van der Waals surface area (Å²) in [7, 11) is 3.11. The van der Waals surface area contributed by atoms with E-state index in [-0.39, 0.29) is 17.9 Å². The standard InChI is InChI=1S/C10H18N2O3/c1-11-7-9(13)12-5-3-4-8(12)6-10(14)15-2/h8,11H,3-7H2,1-2H3. The summed E-state index contributed by atoms with van der Waals surface area (Å²) >= 11 is 0. The number of likely N-dealkylation sites (N-methyl/N-ethyl adjacent to an activating group) is 1. The predicted octanol–water partition coefficient (Wildman–Crippen LogP) is -0.240. The van der Waals surface area contributed by atoms with Gasteiger partial charge in [0.05, 0.1) is 20.1 Å². The first-order valence-electron chi connectivity index (χ1n) is 5.20. The van der Waals surface area contributed by atoms with E-state index < -0.39 is 0 Å². The molecular formula is C10H18N2O3. The van der Waals surface area contributed by atoms with Crippen molar-refractivity contribution < 1.29 is 14.3 Å². The second-order valence-corrected chi connectivity index (χ2v) is 3.69. The van der Waals surface area contributed by atoms with Crippen LogP contribution in [0.5, 0.6) is 0 Å². The monoisotopic (exact) mass is 214 g/mol. The zero-order valence-corrected chi connectivity index (χ0v) is 9.28. The molecule has 0 radical (unpaired) electrons. The van der Waals surface area contributed by atoms with Gasteiger partial charge in [-0.15, -0.1) is 0 Å². The van der Waals surface area contributed by atoms with E-state index in [2.05, 4.69) is 10.1 Å². The van der Waals surface area contributed by atoms with Crippen LogP contribution in [-0.4, -0.2) is 50.1 Å². The molecular weight excluding hydrogens is 196 g/mol. The third-order valence-corrected chi connectivity index (χ3v) is 2.66. The molecule has 0 saturated carbocycles. The number of hydrogen-bond acceptors (Lipinski definition) is 4. The van der Waals surface area contributed by atoms with Crippen molar-refractivity contribution in [1.82, 2.24) is 10.2 Å². The zero-order chi connectivity index (χ0) is 11.3. The molecule has 0 spiro atoms. The van der Waals surface area contributed by atoms with Crippen LogP contribution in [0.3, 0.4) is 0 Å². The highest BCUT2D eigenvalue weighted by atomic mass is 16.5. The summed E-state index contributed by atoms with van der Waals surface area (Å²) in [6.07, 6.45) is 2.17. The van der Waals surface area contributed by atoms with Crippen LogP contribution in [0.1, 0.15) is 19.3 Å². The summed E-state index contributed by atoms with van der Waals surface area (Å²) in [6, 6.07) is 0.0262. The van der Waals surface area contributed by atoms with Gasteiger partial charge in [-0.25, -0.2) is 0 Å². The normalized spacial score (nSPS) is 20.4. The van der Waals surface area contributed by atoms with Gasteiger partial charge in [-0.3, -0.25) is 9.59 Å². The number of nitrogens with one attached hydrogen (secondary N) is 1. The Morgan fingerprint density at radius 3 is 2.87 bits per heavy atom. The van der Waals surface area contributed by atoms with Crippen molar-refractivity contribution in [2.75, 3.05) is 27.2 Å². The quantitative estimate of drug-likeness (QED) is 0.656. The Morgan fingerprint density at radius 1 is 1.53 bits per heavy atom. The molecule has 1 atom stereocenters. The fourth-order valence-electron chi connectivity index (χ4n) is 1.90. The third kappa shape index (κ3) is 3.20. The molecule has 0 aromatic rings. The van der Waals surface area contributed by atoms with Crippen LogP contribution < -0.4 is 5.32 Å². The first kappa shape index (κ1) is 12.0. The number of amides is 1. The maximum absolute atomic E-state index is 11.6. The lowest BCUT2D eigenvalue weighted by Crippen LogP contribution is -2.41. The molecule has 1 amide bonds. The molecule has 1 fully saturated rings. The number of carbonyl (C=O) groups is 2. The Balaban J connectivity index is 2.49. The average Bonchev–Trinajstić information content (AvgIpc) is 2.66. The van der Waals surface area contributed by atoms with E-state index in [4.69, 9.17) is 0 Å². The summed E-state index contributed by atoms with van der Waals surface area (Å²) in [5.74, 6) is -0.187. The van der Waals surface area contributed by atoms with Crippen LogP contribution in [0.25, 0.3) is 0 Å². The highest BCUT2D eigenvalue weighted by Crippen LogP contribution is 2.20. The Bertz CT molecular complexity index is 243. The van der Waals surface area contributed by atoms with Gasteiger partial charge in [-0.05, 0) is 19.9 Å². The van der Waals surface area contributed by atoms with Gasteiger partial charge in [-0.1, -0.05) is 0 Å². The Kier molecular flexibility index (Phi) is 4.55. The van der Waals surface area contributed by atoms with Crippen LogP contribution in [0.4, 0.5) is 0 Å².